The lowest BCUT2D eigenvalue weighted by Crippen LogP contribution is -2.53. The van der Waals surface area contributed by atoms with E-state index in [1.165, 1.54) is 6.92 Å². The van der Waals surface area contributed by atoms with Crippen molar-refractivity contribution < 1.29 is 23.1 Å². The second-order valence-corrected chi connectivity index (χ2v) is 8.57. The minimum absolute atomic E-state index is 0.0283. The van der Waals surface area contributed by atoms with Crippen LogP contribution in [0.25, 0.3) is 0 Å². The van der Waals surface area contributed by atoms with Gasteiger partial charge in [0.05, 0.1) is 12.5 Å². The van der Waals surface area contributed by atoms with Crippen LogP contribution in [0.4, 0.5) is 0 Å². The molecular weight excluding hydrogens is 282 g/mol. The monoisotopic (exact) mass is 305 g/mol. The first-order valence-electron chi connectivity index (χ1n) is 6.15. The van der Waals surface area contributed by atoms with Crippen LogP contribution < -0.4 is 5.73 Å². The summed E-state index contributed by atoms with van der Waals surface area (Å²) in [5.74, 6) is -2.05. The van der Waals surface area contributed by atoms with E-state index in [-0.39, 0.29) is 6.42 Å². The lowest BCUT2D eigenvalue weighted by Gasteiger charge is -2.34. The smallest absolute Gasteiger partial charge is 0.305 e. The fourth-order valence-corrected chi connectivity index (χ4v) is 3.63. The van der Waals surface area contributed by atoms with E-state index in [2.05, 4.69) is 6.58 Å². The predicted molar refractivity (Wildman–Crippen MR) is 76.8 cm³/mol. The van der Waals surface area contributed by atoms with Crippen LogP contribution in [-0.4, -0.2) is 36.1 Å². The average molecular weight is 305 g/mol. The number of aliphatic carboxylic acids is 1. The van der Waals surface area contributed by atoms with E-state index in [4.69, 9.17) is 10.8 Å². The molecule has 0 aromatic carbocycles. The van der Waals surface area contributed by atoms with E-state index < -0.39 is 44.2 Å². The largest absolute Gasteiger partial charge is 0.481 e. The molecule has 0 aromatic rings. The van der Waals surface area contributed by atoms with Crippen molar-refractivity contribution in [2.24, 2.45) is 11.1 Å². The minimum Gasteiger partial charge on any atom is -0.481 e. The summed E-state index contributed by atoms with van der Waals surface area (Å²) < 4.78 is 22.6. The zero-order valence-corrected chi connectivity index (χ0v) is 13.2. The molecule has 1 unspecified atom stereocenters. The Kier molecular flexibility index (Phi) is 5.68. The summed E-state index contributed by atoms with van der Waals surface area (Å²) in [6, 6.07) is -1.37. The van der Waals surface area contributed by atoms with Crippen LogP contribution in [0.15, 0.2) is 12.0 Å². The number of nitrogens with two attached hydrogens (primary N) is 1. The molecule has 0 bridgehead atoms. The number of Topliss-reactive ketones (excluding diaryl/α,β-unsaturated/α-hetero) is 1. The van der Waals surface area contributed by atoms with Gasteiger partial charge in [-0.2, -0.15) is 0 Å². The molecule has 2 atom stereocenters. The fourth-order valence-electron chi connectivity index (χ4n) is 2.20. The zero-order valence-electron chi connectivity index (χ0n) is 12.3. The van der Waals surface area contributed by atoms with E-state index in [1.54, 1.807) is 20.8 Å². The molecule has 0 rings (SSSR count). The minimum atomic E-state index is -3.93. The van der Waals surface area contributed by atoms with Crippen LogP contribution in [0, 0.1) is 5.41 Å². The number of hydrogen-bond acceptors (Lipinski definition) is 5. The van der Waals surface area contributed by atoms with Crippen LogP contribution in [0.2, 0.25) is 0 Å². The van der Waals surface area contributed by atoms with E-state index in [9.17, 15) is 18.0 Å². The molecule has 0 amide bonds. The van der Waals surface area contributed by atoms with Gasteiger partial charge in [0.1, 0.15) is 4.75 Å². The molecule has 0 aromatic heterocycles. The highest BCUT2D eigenvalue weighted by Gasteiger charge is 2.48. The van der Waals surface area contributed by atoms with Crippen molar-refractivity contribution in [1.29, 1.82) is 0 Å². The summed E-state index contributed by atoms with van der Waals surface area (Å²) in [4.78, 5) is 23.0. The molecule has 0 fully saturated rings. The maximum atomic E-state index is 12.4. The summed E-state index contributed by atoms with van der Waals surface area (Å²) in [5.41, 5.74) is 5.09. The van der Waals surface area contributed by atoms with Crippen LogP contribution in [0.1, 0.15) is 40.5 Å². The number of rotatable bonds is 7. The molecule has 20 heavy (non-hydrogen) atoms. The molecule has 0 aliphatic carbocycles. The number of carbonyl (C=O) groups is 2. The van der Waals surface area contributed by atoms with Gasteiger partial charge in [-0.15, -0.1) is 0 Å². The van der Waals surface area contributed by atoms with Gasteiger partial charge in [-0.1, -0.05) is 27.4 Å². The van der Waals surface area contributed by atoms with Crippen molar-refractivity contribution in [3.63, 3.8) is 0 Å². The van der Waals surface area contributed by atoms with Gasteiger partial charge in [-0.05, 0) is 18.8 Å². The van der Waals surface area contributed by atoms with Crippen LogP contribution in [0.3, 0.4) is 0 Å². The molecule has 7 heteroatoms. The van der Waals surface area contributed by atoms with E-state index in [0.29, 0.717) is 0 Å². The number of ketones is 1. The van der Waals surface area contributed by atoms with Gasteiger partial charge < -0.3 is 10.8 Å². The second kappa shape index (κ2) is 6.05. The molecule has 0 spiro atoms. The highest BCUT2D eigenvalue weighted by Crippen LogP contribution is 2.35. The SMILES string of the molecule is C=CS(=O)(=O)C(C)(CC(C)(C)C)C(=O)[C@@H](N)CC(=O)O. The predicted octanol–water partition coefficient (Wildman–Crippen LogP) is 1.11. The molecule has 0 saturated heterocycles. The second-order valence-electron chi connectivity index (χ2n) is 6.25. The Morgan fingerprint density at radius 3 is 2.05 bits per heavy atom. The summed E-state index contributed by atoms with van der Waals surface area (Å²) >= 11 is 0. The van der Waals surface area contributed by atoms with Crippen LogP contribution >= 0.6 is 0 Å². The molecular formula is C13H23NO5S. The summed E-state index contributed by atoms with van der Waals surface area (Å²) in [7, 11) is -3.93. The molecule has 6 nitrogen and oxygen atoms in total. The van der Waals surface area contributed by atoms with Gasteiger partial charge in [0.2, 0.25) is 0 Å². The van der Waals surface area contributed by atoms with Crippen molar-refractivity contribution in [2.45, 2.75) is 51.3 Å². The molecule has 116 valence electrons. The Hall–Kier alpha value is -1.21. The lowest BCUT2D eigenvalue weighted by molar-refractivity contribution is -0.139. The number of carboxylic acids is 1. The molecule has 0 saturated carbocycles. The van der Waals surface area contributed by atoms with E-state index in [1.807, 2.05) is 0 Å². The third-order valence-electron chi connectivity index (χ3n) is 2.97. The number of hydrogen-bond donors (Lipinski definition) is 2. The average Bonchev–Trinajstić information content (AvgIpc) is 2.24. The third-order valence-corrected chi connectivity index (χ3v) is 5.01. The maximum absolute atomic E-state index is 12.4. The normalized spacial score (nSPS) is 17.1. The van der Waals surface area contributed by atoms with Crippen molar-refractivity contribution in [3.05, 3.63) is 12.0 Å². The lowest BCUT2D eigenvalue weighted by atomic mass is 9.81. The molecule has 0 aliphatic rings. The van der Waals surface area contributed by atoms with Gasteiger partial charge in [0.25, 0.3) is 0 Å². The third kappa shape index (κ3) is 4.42. The number of carbonyl (C=O) groups excluding carboxylic acids is 1. The Balaban J connectivity index is 5.73. The van der Waals surface area contributed by atoms with Gasteiger partial charge in [0.15, 0.2) is 15.6 Å². The Morgan fingerprint density at radius 2 is 1.75 bits per heavy atom. The quantitative estimate of drug-likeness (QED) is 0.728. The first-order valence-corrected chi connectivity index (χ1v) is 7.70. The van der Waals surface area contributed by atoms with Crippen molar-refractivity contribution in [1.82, 2.24) is 0 Å². The standard InChI is InChI=1S/C13H23NO5S/c1-6-20(18,19)13(5,8-12(2,3)4)11(17)9(14)7-10(15)16/h6,9H,1,7-8,14H2,2-5H3,(H,15,16)/t9-,13?/m0/s1. The molecule has 0 aliphatic heterocycles. The molecule has 0 heterocycles. The van der Waals surface area contributed by atoms with Crippen LogP contribution in [0.5, 0.6) is 0 Å². The van der Waals surface area contributed by atoms with E-state index >= 15 is 0 Å². The summed E-state index contributed by atoms with van der Waals surface area (Å²) in [6.45, 7) is 9.89. The first-order chi connectivity index (χ1) is 8.77. The highest BCUT2D eigenvalue weighted by atomic mass is 32.2. The zero-order chi connectivity index (χ0) is 16.4. The van der Waals surface area contributed by atoms with Gasteiger partial charge in [0, 0.05) is 5.41 Å². The number of sulfone groups is 1. The highest BCUT2D eigenvalue weighted by molar-refractivity contribution is 7.96. The van der Waals surface area contributed by atoms with Crippen molar-refractivity contribution in [2.75, 3.05) is 0 Å². The molecule has 3 N–H and O–H groups in total. The number of carboxylic acid groups (broad SMARTS) is 1. The van der Waals surface area contributed by atoms with Crippen LogP contribution in [-0.2, 0) is 19.4 Å². The maximum Gasteiger partial charge on any atom is 0.305 e. The Morgan fingerprint density at radius 1 is 1.30 bits per heavy atom. The van der Waals surface area contributed by atoms with Gasteiger partial charge in [-0.25, -0.2) is 8.42 Å². The van der Waals surface area contributed by atoms with E-state index in [0.717, 1.165) is 5.41 Å². The fraction of sp³-hybridized carbons (Fsp3) is 0.692. The summed E-state index contributed by atoms with van der Waals surface area (Å²) in [6.07, 6.45) is -0.578. The van der Waals surface area contributed by atoms with Gasteiger partial charge >= 0.3 is 5.97 Å². The van der Waals surface area contributed by atoms with Crippen molar-refractivity contribution in [3.8, 4) is 0 Å². The van der Waals surface area contributed by atoms with Crippen molar-refractivity contribution >= 4 is 21.6 Å². The Labute approximate surface area is 120 Å². The summed E-state index contributed by atoms with van der Waals surface area (Å²) in [5, 5.41) is 9.42. The Bertz CT molecular complexity index is 503. The van der Waals surface area contributed by atoms with Gasteiger partial charge in [-0.3, -0.25) is 9.59 Å². The first kappa shape index (κ1) is 18.8. The molecule has 0 radical (unpaired) electrons. The topological polar surface area (TPSA) is 115 Å².